The zero-order valence-electron chi connectivity index (χ0n) is 13.3. The molecule has 1 aromatic heterocycles. The molecule has 122 valence electrons. The van der Waals surface area contributed by atoms with Crippen LogP contribution in [0.5, 0.6) is 0 Å². The Kier molecular flexibility index (Phi) is 5.73. The van der Waals surface area contributed by atoms with E-state index in [4.69, 9.17) is 17.0 Å². The summed E-state index contributed by atoms with van der Waals surface area (Å²) in [6.45, 7) is 8.93. The first-order chi connectivity index (χ1) is 10.5. The van der Waals surface area contributed by atoms with Crippen LogP contribution in [0.25, 0.3) is 0 Å². The first-order valence-corrected chi connectivity index (χ1v) is 7.94. The number of aryl methyl sites for hydroxylation is 1. The third-order valence-corrected chi connectivity index (χ3v) is 3.53. The number of carbonyl (C=O) groups is 1. The average molecular weight is 325 g/mol. The van der Waals surface area contributed by atoms with E-state index in [-0.39, 0.29) is 11.9 Å². The van der Waals surface area contributed by atoms with Crippen LogP contribution >= 0.6 is 12.2 Å². The van der Waals surface area contributed by atoms with E-state index in [1.54, 1.807) is 15.8 Å². The van der Waals surface area contributed by atoms with Gasteiger partial charge in [-0.25, -0.2) is 0 Å². The van der Waals surface area contributed by atoms with Crippen molar-refractivity contribution >= 4 is 28.9 Å². The normalized spacial score (nSPS) is 15.0. The molecular formula is C14H23N5O2S. The molecule has 0 radical (unpaired) electrons. The minimum atomic E-state index is -0.0440. The molecule has 0 spiro atoms. The van der Waals surface area contributed by atoms with E-state index in [1.165, 1.54) is 0 Å². The molecule has 1 fully saturated rings. The predicted octanol–water partition coefficient (Wildman–Crippen LogP) is 1.07. The van der Waals surface area contributed by atoms with Crippen LogP contribution in [0.4, 0.5) is 5.69 Å². The van der Waals surface area contributed by atoms with E-state index in [0.717, 1.165) is 0 Å². The predicted molar refractivity (Wildman–Crippen MR) is 89.1 cm³/mol. The maximum Gasteiger partial charge on any atom is 0.274 e. The summed E-state index contributed by atoms with van der Waals surface area (Å²) in [6, 6.07) is 0.222. The van der Waals surface area contributed by atoms with Gasteiger partial charge < -0.3 is 20.3 Å². The largest absolute Gasteiger partial charge is 0.378 e. The summed E-state index contributed by atoms with van der Waals surface area (Å²) < 4.78 is 6.99. The van der Waals surface area contributed by atoms with Crippen molar-refractivity contribution in [3.8, 4) is 0 Å². The van der Waals surface area contributed by atoms with Crippen molar-refractivity contribution in [1.82, 2.24) is 20.0 Å². The van der Waals surface area contributed by atoms with Gasteiger partial charge in [0.2, 0.25) is 0 Å². The molecule has 0 bridgehead atoms. The number of aromatic nitrogens is 2. The molecule has 0 saturated carbocycles. The van der Waals surface area contributed by atoms with Gasteiger partial charge in [-0.1, -0.05) is 0 Å². The Labute approximate surface area is 136 Å². The molecule has 0 atom stereocenters. The first kappa shape index (κ1) is 16.7. The summed E-state index contributed by atoms with van der Waals surface area (Å²) in [5.41, 5.74) is 1.17. The zero-order chi connectivity index (χ0) is 16.1. The van der Waals surface area contributed by atoms with Gasteiger partial charge in [0.1, 0.15) is 5.69 Å². The van der Waals surface area contributed by atoms with Crippen molar-refractivity contribution in [2.45, 2.75) is 33.4 Å². The number of hydrogen-bond donors (Lipinski definition) is 2. The number of nitrogens with zero attached hydrogens (tertiary/aromatic N) is 3. The van der Waals surface area contributed by atoms with Crippen LogP contribution in [0, 0.1) is 0 Å². The Balaban J connectivity index is 2.19. The fraction of sp³-hybridized carbons (Fsp3) is 0.643. The first-order valence-electron chi connectivity index (χ1n) is 7.53. The maximum atomic E-state index is 12.8. The summed E-state index contributed by atoms with van der Waals surface area (Å²) in [5, 5.41) is 10.9. The number of ether oxygens (including phenoxy) is 1. The Hall–Kier alpha value is -1.67. The van der Waals surface area contributed by atoms with Crippen molar-refractivity contribution in [3.05, 3.63) is 11.9 Å². The molecule has 2 N–H and O–H groups in total. The van der Waals surface area contributed by atoms with Gasteiger partial charge in [0.25, 0.3) is 5.91 Å². The molecule has 0 aliphatic carbocycles. The number of anilines is 1. The average Bonchev–Trinajstić information content (AvgIpc) is 2.89. The highest BCUT2D eigenvalue weighted by Gasteiger charge is 2.25. The van der Waals surface area contributed by atoms with Gasteiger partial charge in [0, 0.05) is 25.7 Å². The Morgan fingerprint density at radius 1 is 1.45 bits per heavy atom. The van der Waals surface area contributed by atoms with E-state index in [1.807, 2.05) is 20.8 Å². The smallest absolute Gasteiger partial charge is 0.274 e. The van der Waals surface area contributed by atoms with E-state index in [9.17, 15) is 4.79 Å². The molecule has 22 heavy (non-hydrogen) atoms. The van der Waals surface area contributed by atoms with Crippen LogP contribution in [0.3, 0.4) is 0 Å². The topological polar surface area (TPSA) is 71.4 Å². The molecule has 1 aliphatic heterocycles. The Morgan fingerprint density at radius 2 is 2.14 bits per heavy atom. The summed E-state index contributed by atoms with van der Waals surface area (Å²) in [4.78, 5) is 14.6. The number of rotatable bonds is 4. The molecule has 8 heteroatoms. The molecular weight excluding hydrogens is 302 g/mol. The lowest BCUT2D eigenvalue weighted by Crippen LogP contribution is -2.42. The number of thiocarbonyl (C=S) groups is 1. The summed E-state index contributed by atoms with van der Waals surface area (Å²) in [5.74, 6) is -0.0440. The lowest BCUT2D eigenvalue weighted by molar-refractivity contribution is 0.0295. The maximum absolute atomic E-state index is 12.8. The quantitative estimate of drug-likeness (QED) is 0.807. The van der Waals surface area contributed by atoms with Crippen LogP contribution in [0.1, 0.15) is 31.3 Å². The number of carbonyl (C=O) groups excluding carboxylic acids is 1. The molecule has 2 heterocycles. The highest BCUT2D eigenvalue weighted by Crippen LogP contribution is 2.18. The molecule has 1 saturated heterocycles. The van der Waals surface area contributed by atoms with Gasteiger partial charge in [0.05, 0.1) is 25.1 Å². The second-order valence-electron chi connectivity index (χ2n) is 5.38. The van der Waals surface area contributed by atoms with Crippen LogP contribution in [0.2, 0.25) is 0 Å². The minimum Gasteiger partial charge on any atom is -0.378 e. The van der Waals surface area contributed by atoms with E-state index in [0.29, 0.717) is 49.3 Å². The lowest BCUT2D eigenvalue weighted by atomic mass is 10.3. The van der Waals surface area contributed by atoms with Crippen molar-refractivity contribution in [2.75, 3.05) is 31.6 Å². The lowest BCUT2D eigenvalue weighted by Gasteiger charge is -2.27. The summed E-state index contributed by atoms with van der Waals surface area (Å²) >= 11 is 5.26. The summed E-state index contributed by atoms with van der Waals surface area (Å²) in [7, 11) is 0. The monoisotopic (exact) mass is 325 g/mol. The van der Waals surface area contributed by atoms with Gasteiger partial charge in [0.15, 0.2) is 5.11 Å². The van der Waals surface area contributed by atoms with Crippen LogP contribution in [0.15, 0.2) is 6.20 Å². The van der Waals surface area contributed by atoms with Gasteiger partial charge in [-0.05, 0) is 33.0 Å². The van der Waals surface area contributed by atoms with Gasteiger partial charge in [-0.2, -0.15) is 5.10 Å². The highest BCUT2D eigenvalue weighted by atomic mass is 32.1. The number of nitrogens with one attached hydrogen (secondary N) is 2. The number of hydrogen-bond acceptors (Lipinski definition) is 4. The van der Waals surface area contributed by atoms with Crippen molar-refractivity contribution < 1.29 is 9.53 Å². The SMILES string of the molecule is CCn1ncc(NC(=S)NC(C)C)c1C(=O)N1CCOCC1. The minimum absolute atomic E-state index is 0.0440. The molecule has 1 amide bonds. The van der Waals surface area contributed by atoms with Gasteiger partial charge >= 0.3 is 0 Å². The number of morpholine rings is 1. The van der Waals surface area contributed by atoms with E-state index >= 15 is 0 Å². The number of amides is 1. The van der Waals surface area contributed by atoms with Crippen molar-refractivity contribution in [2.24, 2.45) is 0 Å². The third kappa shape index (κ3) is 3.95. The van der Waals surface area contributed by atoms with E-state index < -0.39 is 0 Å². The second-order valence-corrected chi connectivity index (χ2v) is 5.79. The highest BCUT2D eigenvalue weighted by molar-refractivity contribution is 7.80. The molecule has 0 aromatic carbocycles. The van der Waals surface area contributed by atoms with Crippen LogP contribution < -0.4 is 10.6 Å². The van der Waals surface area contributed by atoms with Crippen molar-refractivity contribution in [1.29, 1.82) is 0 Å². The Morgan fingerprint density at radius 3 is 2.73 bits per heavy atom. The molecule has 0 unspecified atom stereocenters. The Bertz CT molecular complexity index is 537. The van der Waals surface area contributed by atoms with Crippen LogP contribution in [-0.4, -0.2) is 58.0 Å². The van der Waals surface area contributed by atoms with Gasteiger partial charge in [-0.15, -0.1) is 0 Å². The van der Waals surface area contributed by atoms with E-state index in [2.05, 4.69) is 15.7 Å². The standard InChI is InChI=1S/C14H23N5O2S/c1-4-19-12(13(20)18-5-7-21-8-6-18)11(9-15-19)17-14(22)16-10(2)3/h9-10H,4-8H2,1-3H3,(H2,16,17,22). The molecule has 1 aliphatic rings. The van der Waals surface area contributed by atoms with Gasteiger partial charge in [-0.3, -0.25) is 9.48 Å². The third-order valence-electron chi connectivity index (χ3n) is 3.31. The van der Waals surface area contributed by atoms with Crippen molar-refractivity contribution in [3.63, 3.8) is 0 Å². The molecule has 7 nitrogen and oxygen atoms in total. The summed E-state index contributed by atoms with van der Waals surface area (Å²) in [6.07, 6.45) is 1.64. The zero-order valence-corrected chi connectivity index (χ0v) is 14.1. The molecule has 1 aromatic rings. The fourth-order valence-electron chi connectivity index (χ4n) is 2.28. The van der Waals surface area contributed by atoms with Crippen LogP contribution in [-0.2, 0) is 11.3 Å². The molecule has 2 rings (SSSR count). The fourth-order valence-corrected chi connectivity index (χ4v) is 2.62. The second kappa shape index (κ2) is 7.55.